The lowest BCUT2D eigenvalue weighted by molar-refractivity contribution is 0.414. The van der Waals surface area contributed by atoms with Gasteiger partial charge in [-0.1, -0.05) is 12.1 Å². The van der Waals surface area contributed by atoms with Crippen molar-refractivity contribution in [2.45, 2.75) is 20.0 Å². The van der Waals surface area contributed by atoms with E-state index in [2.05, 4.69) is 40.7 Å². The van der Waals surface area contributed by atoms with E-state index in [1.54, 1.807) is 25.5 Å². The molecule has 2 aromatic rings. The maximum absolute atomic E-state index is 5.22. The van der Waals surface area contributed by atoms with Crippen LogP contribution >= 0.6 is 11.3 Å². The first-order valence-corrected chi connectivity index (χ1v) is 7.65. The van der Waals surface area contributed by atoms with Crippen molar-refractivity contribution in [3.05, 3.63) is 51.7 Å². The zero-order valence-corrected chi connectivity index (χ0v) is 13.5. The van der Waals surface area contributed by atoms with Gasteiger partial charge >= 0.3 is 0 Å². The second kappa shape index (κ2) is 7.69. The van der Waals surface area contributed by atoms with Crippen LogP contribution in [0.1, 0.15) is 15.3 Å². The van der Waals surface area contributed by atoms with E-state index >= 15 is 0 Å². The summed E-state index contributed by atoms with van der Waals surface area (Å²) in [6, 6.07) is 12.3. The van der Waals surface area contributed by atoms with Gasteiger partial charge in [-0.2, -0.15) is 0 Å². The summed E-state index contributed by atoms with van der Waals surface area (Å²) < 4.78 is 5.22. The number of ether oxygens (including phenoxy) is 1. The Morgan fingerprint density at radius 1 is 1.19 bits per heavy atom. The standard InChI is InChI=1S/C16H21N3OS/c1-12-7-8-15(21-12)11-19-16(17-2)18-10-13-5-4-6-14(9-13)20-3/h4-9H,10-11H2,1-3H3,(H2,17,18,19). The fraction of sp³-hybridized carbons (Fsp3) is 0.312. The number of methoxy groups -OCH3 is 1. The number of thiophene rings is 1. The van der Waals surface area contributed by atoms with Crippen molar-refractivity contribution in [1.29, 1.82) is 0 Å². The molecule has 1 aromatic heterocycles. The predicted octanol–water partition coefficient (Wildman–Crippen LogP) is 2.93. The van der Waals surface area contributed by atoms with Crippen molar-refractivity contribution < 1.29 is 4.74 Å². The number of guanidine groups is 1. The molecule has 0 aliphatic carbocycles. The maximum Gasteiger partial charge on any atom is 0.191 e. The van der Waals surface area contributed by atoms with Gasteiger partial charge in [-0.05, 0) is 36.8 Å². The minimum absolute atomic E-state index is 0.709. The molecule has 21 heavy (non-hydrogen) atoms. The maximum atomic E-state index is 5.22. The Morgan fingerprint density at radius 3 is 2.67 bits per heavy atom. The van der Waals surface area contributed by atoms with Gasteiger partial charge in [0.25, 0.3) is 0 Å². The number of nitrogens with one attached hydrogen (secondary N) is 2. The molecule has 1 heterocycles. The molecule has 0 aliphatic rings. The van der Waals surface area contributed by atoms with Crippen LogP contribution in [0.2, 0.25) is 0 Å². The zero-order chi connectivity index (χ0) is 15.1. The average molecular weight is 303 g/mol. The fourth-order valence-electron chi connectivity index (χ4n) is 1.94. The molecule has 5 heteroatoms. The molecule has 112 valence electrons. The Bertz CT molecular complexity index is 607. The summed E-state index contributed by atoms with van der Waals surface area (Å²) in [5.41, 5.74) is 1.16. The highest BCUT2D eigenvalue weighted by Crippen LogP contribution is 2.14. The van der Waals surface area contributed by atoms with E-state index in [0.717, 1.165) is 23.8 Å². The van der Waals surface area contributed by atoms with Crippen molar-refractivity contribution in [2.24, 2.45) is 4.99 Å². The molecule has 0 amide bonds. The van der Waals surface area contributed by atoms with Crippen molar-refractivity contribution in [3.8, 4) is 5.75 Å². The van der Waals surface area contributed by atoms with Crippen LogP contribution in [-0.4, -0.2) is 20.1 Å². The Morgan fingerprint density at radius 2 is 2.00 bits per heavy atom. The van der Waals surface area contributed by atoms with Gasteiger partial charge in [0.05, 0.1) is 13.7 Å². The molecule has 1 aromatic carbocycles. The van der Waals surface area contributed by atoms with Crippen molar-refractivity contribution in [2.75, 3.05) is 14.2 Å². The minimum Gasteiger partial charge on any atom is -0.497 e. The van der Waals surface area contributed by atoms with E-state index in [1.165, 1.54) is 9.75 Å². The molecule has 0 atom stereocenters. The SMILES string of the molecule is CN=C(NCc1cccc(OC)c1)NCc1ccc(C)s1. The molecule has 0 spiro atoms. The van der Waals surface area contributed by atoms with Crippen molar-refractivity contribution in [1.82, 2.24) is 10.6 Å². The monoisotopic (exact) mass is 303 g/mol. The molecule has 0 radical (unpaired) electrons. The lowest BCUT2D eigenvalue weighted by Gasteiger charge is -2.11. The third kappa shape index (κ3) is 4.79. The normalized spacial score (nSPS) is 11.3. The third-order valence-corrected chi connectivity index (χ3v) is 4.04. The van der Waals surface area contributed by atoms with E-state index in [1.807, 2.05) is 18.2 Å². The Hall–Kier alpha value is -2.01. The van der Waals surface area contributed by atoms with Crippen LogP contribution in [0, 0.1) is 6.92 Å². The molecule has 0 saturated carbocycles. The molecule has 0 bridgehead atoms. The number of aliphatic imine (C=N–C) groups is 1. The molecule has 0 aliphatic heterocycles. The molecule has 2 N–H and O–H groups in total. The number of rotatable bonds is 5. The summed E-state index contributed by atoms with van der Waals surface area (Å²) in [5, 5.41) is 6.62. The van der Waals surface area contributed by atoms with Crippen LogP contribution in [0.4, 0.5) is 0 Å². The quantitative estimate of drug-likeness (QED) is 0.659. The van der Waals surface area contributed by atoms with Crippen LogP contribution < -0.4 is 15.4 Å². The van der Waals surface area contributed by atoms with Gasteiger partial charge in [0, 0.05) is 23.3 Å². The average Bonchev–Trinajstić information content (AvgIpc) is 2.93. The van der Waals surface area contributed by atoms with Crippen LogP contribution in [0.3, 0.4) is 0 Å². The molecule has 2 rings (SSSR count). The van der Waals surface area contributed by atoms with Crippen LogP contribution in [-0.2, 0) is 13.1 Å². The lowest BCUT2D eigenvalue weighted by atomic mass is 10.2. The highest BCUT2D eigenvalue weighted by atomic mass is 32.1. The first kappa shape index (κ1) is 15.4. The van der Waals surface area contributed by atoms with E-state index < -0.39 is 0 Å². The third-order valence-electron chi connectivity index (χ3n) is 3.04. The van der Waals surface area contributed by atoms with E-state index in [-0.39, 0.29) is 0 Å². The Labute approximate surface area is 129 Å². The van der Waals surface area contributed by atoms with Gasteiger partial charge < -0.3 is 15.4 Å². The van der Waals surface area contributed by atoms with Crippen LogP contribution in [0.15, 0.2) is 41.4 Å². The van der Waals surface area contributed by atoms with E-state index in [9.17, 15) is 0 Å². The van der Waals surface area contributed by atoms with Gasteiger partial charge in [0.2, 0.25) is 0 Å². The molecule has 0 unspecified atom stereocenters. The summed E-state index contributed by atoms with van der Waals surface area (Å²) >= 11 is 1.80. The van der Waals surface area contributed by atoms with Gasteiger partial charge in [0.1, 0.15) is 5.75 Å². The number of hydrogen-bond donors (Lipinski definition) is 2. The second-order valence-corrected chi connectivity index (χ2v) is 6.02. The second-order valence-electron chi connectivity index (χ2n) is 4.64. The molecular weight excluding hydrogens is 282 g/mol. The van der Waals surface area contributed by atoms with Gasteiger partial charge in [-0.15, -0.1) is 11.3 Å². The smallest absolute Gasteiger partial charge is 0.191 e. The first-order valence-electron chi connectivity index (χ1n) is 6.84. The fourth-order valence-corrected chi connectivity index (χ4v) is 2.77. The predicted molar refractivity (Wildman–Crippen MR) is 89.1 cm³/mol. The number of hydrogen-bond acceptors (Lipinski definition) is 3. The topological polar surface area (TPSA) is 45.7 Å². The summed E-state index contributed by atoms with van der Waals surface area (Å²) in [7, 11) is 3.45. The highest BCUT2D eigenvalue weighted by Gasteiger charge is 2.01. The van der Waals surface area contributed by atoms with E-state index in [4.69, 9.17) is 4.74 Å². The summed E-state index contributed by atoms with van der Waals surface area (Å²) in [6.07, 6.45) is 0. The first-order chi connectivity index (χ1) is 10.2. The minimum atomic E-state index is 0.709. The molecule has 4 nitrogen and oxygen atoms in total. The van der Waals surface area contributed by atoms with Crippen molar-refractivity contribution in [3.63, 3.8) is 0 Å². The van der Waals surface area contributed by atoms with Gasteiger partial charge in [-0.3, -0.25) is 4.99 Å². The highest BCUT2D eigenvalue weighted by molar-refractivity contribution is 7.11. The number of benzene rings is 1. The Kier molecular flexibility index (Phi) is 5.63. The van der Waals surface area contributed by atoms with Crippen LogP contribution in [0.25, 0.3) is 0 Å². The van der Waals surface area contributed by atoms with Gasteiger partial charge in [0.15, 0.2) is 5.96 Å². The largest absolute Gasteiger partial charge is 0.497 e. The number of nitrogens with zero attached hydrogens (tertiary/aromatic N) is 1. The molecule has 0 saturated heterocycles. The van der Waals surface area contributed by atoms with E-state index in [0.29, 0.717) is 6.54 Å². The summed E-state index contributed by atoms with van der Waals surface area (Å²) in [5.74, 6) is 1.66. The lowest BCUT2D eigenvalue weighted by Crippen LogP contribution is -2.36. The zero-order valence-electron chi connectivity index (χ0n) is 12.6. The van der Waals surface area contributed by atoms with Gasteiger partial charge in [-0.25, -0.2) is 0 Å². The van der Waals surface area contributed by atoms with Crippen molar-refractivity contribution >= 4 is 17.3 Å². The van der Waals surface area contributed by atoms with Crippen LogP contribution in [0.5, 0.6) is 5.75 Å². The Balaban J connectivity index is 1.84. The summed E-state index contributed by atoms with van der Waals surface area (Å²) in [6.45, 7) is 3.61. The molecule has 0 fully saturated rings. The molecular formula is C16H21N3OS. The number of aryl methyl sites for hydroxylation is 1. The summed E-state index contributed by atoms with van der Waals surface area (Å²) in [4.78, 5) is 6.86.